The molecule has 1 saturated heterocycles. The van der Waals surface area contributed by atoms with Crippen LogP contribution in [0.1, 0.15) is 19.8 Å². The van der Waals surface area contributed by atoms with Crippen molar-refractivity contribution in [3.63, 3.8) is 0 Å². The van der Waals surface area contributed by atoms with Crippen LogP contribution in [0.4, 0.5) is 5.82 Å². The Bertz CT molecular complexity index is 402. The lowest BCUT2D eigenvalue weighted by atomic mass is 10.0. The van der Waals surface area contributed by atoms with Crippen LogP contribution >= 0.6 is 11.6 Å². The minimum absolute atomic E-state index is 0.00836. The van der Waals surface area contributed by atoms with E-state index in [1.807, 2.05) is 11.8 Å². The third-order valence-electron chi connectivity index (χ3n) is 3.07. The first-order valence-electron chi connectivity index (χ1n) is 5.17. The molecule has 1 aliphatic heterocycles. The second-order valence-electron chi connectivity index (χ2n) is 4.26. The highest BCUT2D eigenvalue weighted by Crippen LogP contribution is 2.36. The zero-order valence-electron chi connectivity index (χ0n) is 9.02. The number of anilines is 1. The Morgan fingerprint density at radius 2 is 2.38 bits per heavy atom. The van der Waals surface area contributed by atoms with E-state index in [-0.39, 0.29) is 23.2 Å². The molecule has 1 aromatic rings. The normalized spacial score (nSPS) is 25.1. The summed E-state index contributed by atoms with van der Waals surface area (Å²) in [5, 5.41) is 19.2. The van der Waals surface area contributed by atoms with Crippen LogP contribution in [0.3, 0.4) is 0 Å². The van der Waals surface area contributed by atoms with E-state index >= 15 is 0 Å². The minimum Gasteiger partial charge on any atom is -0.503 e. The van der Waals surface area contributed by atoms with E-state index in [2.05, 4.69) is 9.97 Å². The van der Waals surface area contributed by atoms with Gasteiger partial charge in [0.05, 0.1) is 18.3 Å². The van der Waals surface area contributed by atoms with Crippen molar-refractivity contribution in [2.75, 3.05) is 18.1 Å². The Morgan fingerprint density at radius 3 is 3.06 bits per heavy atom. The number of halogens is 1. The van der Waals surface area contributed by atoms with Crippen LogP contribution < -0.4 is 4.90 Å². The van der Waals surface area contributed by atoms with Gasteiger partial charge in [-0.2, -0.15) is 4.98 Å². The second-order valence-corrected chi connectivity index (χ2v) is 4.60. The molecule has 1 atom stereocenters. The summed E-state index contributed by atoms with van der Waals surface area (Å²) in [6, 6.07) is 0. The van der Waals surface area contributed by atoms with Gasteiger partial charge in [0.1, 0.15) is 0 Å². The number of nitrogens with zero attached hydrogens (tertiary/aromatic N) is 3. The molecule has 0 spiro atoms. The van der Waals surface area contributed by atoms with Crippen LogP contribution in [0, 0.1) is 0 Å². The molecule has 0 saturated carbocycles. The van der Waals surface area contributed by atoms with Crippen molar-refractivity contribution in [1.29, 1.82) is 0 Å². The average molecular weight is 244 g/mol. The van der Waals surface area contributed by atoms with Crippen molar-refractivity contribution in [1.82, 2.24) is 9.97 Å². The smallest absolute Gasteiger partial charge is 0.224 e. The van der Waals surface area contributed by atoms with Gasteiger partial charge < -0.3 is 15.1 Å². The van der Waals surface area contributed by atoms with Crippen molar-refractivity contribution in [2.45, 2.75) is 25.3 Å². The van der Waals surface area contributed by atoms with Gasteiger partial charge in [0.2, 0.25) is 5.28 Å². The highest BCUT2D eigenvalue weighted by atomic mass is 35.5. The van der Waals surface area contributed by atoms with E-state index in [4.69, 9.17) is 11.6 Å². The molecule has 0 bridgehead atoms. The Morgan fingerprint density at radius 1 is 1.62 bits per heavy atom. The molecular formula is C10H14ClN3O2. The van der Waals surface area contributed by atoms with Gasteiger partial charge in [-0.05, 0) is 31.4 Å². The zero-order valence-corrected chi connectivity index (χ0v) is 9.78. The first-order valence-corrected chi connectivity index (χ1v) is 5.55. The Kier molecular flexibility index (Phi) is 2.90. The van der Waals surface area contributed by atoms with Crippen molar-refractivity contribution in [3.8, 4) is 5.75 Å². The summed E-state index contributed by atoms with van der Waals surface area (Å²) in [7, 11) is 0. The van der Waals surface area contributed by atoms with E-state index in [0.717, 1.165) is 19.4 Å². The van der Waals surface area contributed by atoms with E-state index < -0.39 is 0 Å². The Balaban J connectivity index is 2.40. The summed E-state index contributed by atoms with van der Waals surface area (Å²) in [6.45, 7) is 2.71. The lowest BCUT2D eigenvalue weighted by Gasteiger charge is -2.34. The van der Waals surface area contributed by atoms with Crippen molar-refractivity contribution in [2.24, 2.45) is 0 Å². The largest absolute Gasteiger partial charge is 0.503 e. The predicted molar refractivity (Wildman–Crippen MR) is 60.8 cm³/mol. The third-order valence-corrected chi connectivity index (χ3v) is 3.25. The van der Waals surface area contributed by atoms with Crippen LogP contribution in [0.15, 0.2) is 6.20 Å². The SMILES string of the molecule is C[C@]1(CO)CCCN1c1nc(Cl)ncc1O. The maximum Gasteiger partial charge on any atom is 0.224 e. The van der Waals surface area contributed by atoms with Crippen LogP contribution in [0.2, 0.25) is 5.28 Å². The van der Waals surface area contributed by atoms with Crippen molar-refractivity contribution < 1.29 is 10.2 Å². The molecule has 0 amide bonds. The fourth-order valence-electron chi connectivity index (χ4n) is 2.09. The average Bonchev–Trinajstić information content (AvgIpc) is 2.65. The molecule has 0 aliphatic carbocycles. The Labute approximate surface area is 98.7 Å². The first-order chi connectivity index (χ1) is 7.57. The summed E-state index contributed by atoms with van der Waals surface area (Å²) in [5.74, 6) is 0.389. The molecule has 0 radical (unpaired) electrons. The van der Waals surface area contributed by atoms with Gasteiger partial charge in [-0.25, -0.2) is 4.98 Å². The van der Waals surface area contributed by atoms with Crippen molar-refractivity contribution >= 4 is 17.4 Å². The maximum atomic E-state index is 9.72. The van der Waals surface area contributed by atoms with Gasteiger partial charge in [-0.1, -0.05) is 0 Å². The fraction of sp³-hybridized carbons (Fsp3) is 0.600. The van der Waals surface area contributed by atoms with Gasteiger partial charge in [-0.3, -0.25) is 0 Å². The van der Waals surface area contributed by atoms with Crippen LogP contribution in [-0.2, 0) is 0 Å². The van der Waals surface area contributed by atoms with Crippen molar-refractivity contribution in [3.05, 3.63) is 11.5 Å². The fourth-order valence-corrected chi connectivity index (χ4v) is 2.22. The number of aliphatic hydroxyl groups excluding tert-OH is 1. The minimum atomic E-state index is -0.380. The number of aromatic hydroxyl groups is 1. The molecule has 1 aliphatic rings. The number of aliphatic hydroxyl groups is 1. The van der Waals surface area contributed by atoms with Crippen LogP contribution in [-0.4, -0.2) is 38.9 Å². The monoisotopic (exact) mass is 243 g/mol. The molecule has 2 rings (SSSR count). The second kappa shape index (κ2) is 4.07. The maximum absolute atomic E-state index is 9.72. The van der Waals surface area contributed by atoms with E-state index in [0.29, 0.717) is 5.82 Å². The highest BCUT2D eigenvalue weighted by molar-refractivity contribution is 6.28. The number of hydrogen-bond acceptors (Lipinski definition) is 5. The lowest BCUT2D eigenvalue weighted by Crippen LogP contribution is -2.44. The predicted octanol–water partition coefficient (Wildman–Crippen LogP) is 1.19. The summed E-state index contributed by atoms with van der Waals surface area (Å²) in [5.41, 5.74) is -0.380. The molecule has 1 aromatic heterocycles. The summed E-state index contributed by atoms with van der Waals surface area (Å²) in [4.78, 5) is 9.60. The molecule has 88 valence electrons. The molecule has 2 N–H and O–H groups in total. The summed E-state index contributed by atoms with van der Waals surface area (Å²) < 4.78 is 0. The molecule has 0 aromatic carbocycles. The van der Waals surface area contributed by atoms with Gasteiger partial charge in [0.25, 0.3) is 0 Å². The quantitative estimate of drug-likeness (QED) is 0.764. The molecular weight excluding hydrogens is 230 g/mol. The number of rotatable bonds is 2. The van der Waals surface area contributed by atoms with Gasteiger partial charge in [0.15, 0.2) is 11.6 Å². The van der Waals surface area contributed by atoms with Gasteiger partial charge >= 0.3 is 0 Å². The van der Waals surface area contributed by atoms with E-state index in [1.54, 1.807) is 0 Å². The first kappa shape index (κ1) is 11.4. The van der Waals surface area contributed by atoms with Crippen LogP contribution in [0.5, 0.6) is 5.75 Å². The third kappa shape index (κ3) is 1.81. The number of aromatic nitrogens is 2. The molecule has 0 unspecified atom stereocenters. The van der Waals surface area contributed by atoms with E-state index in [9.17, 15) is 10.2 Å². The topological polar surface area (TPSA) is 69.5 Å². The molecule has 5 nitrogen and oxygen atoms in total. The van der Waals surface area contributed by atoms with Gasteiger partial charge in [0, 0.05) is 6.54 Å². The summed E-state index contributed by atoms with van der Waals surface area (Å²) in [6.07, 6.45) is 3.10. The summed E-state index contributed by atoms with van der Waals surface area (Å²) >= 11 is 5.71. The standard InChI is InChI=1S/C10H14ClN3O2/c1-10(6-15)3-2-4-14(10)8-7(16)5-12-9(11)13-8/h5,15-16H,2-4,6H2,1H3/t10-/m1/s1. The Hall–Kier alpha value is -1.07. The van der Waals surface area contributed by atoms with Gasteiger partial charge in [-0.15, -0.1) is 0 Å². The zero-order chi connectivity index (χ0) is 11.8. The molecule has 6 heteroatoms. The molecule has 16 heavy (non-hydrogen) atoms. The highest BCUT2D eigenvalue weighted by Gasteiger charge is 2.38. The molecule has 2 heterocycles. The van der Waals surface area contributed by atoms with E-state index in [1.165, 1.54) is 6.20 Å². The number of hydrogen-bond donors (Lipinski definition) is 2. The molecule has 1 fully saturated rings. The lowest BCUT2D eigenvalue weighted by molar-refractivity contribution is 0.209. The van der Waals surface area contributed by atoms with Crippen LogP contribution in [0.25, 0.3) is 0 Å².